The lowest BCUT2D eigenvalue weighted by molar-refractivity contribution is -0.384. The van der Waals surface area contributed by atoms with Crippen molar-refractivity contribution in [3.05, 3.63) is 94.7 Å². The van der Waals surface area contributed by atoms with E-state index < -0.39 is 4.92 Å². The highest BCUT2D eigenvalue weighted by Gasteiger charge is 2.18. The van der Waals surface area contributed by atoms with Gasteiger partial charge in [0.05, 0.1) is 11.5 Å². The molecule has 1 heterocycles. The third-order valence-corrected chi connectivity index (χ3v) is 3.82. The topological polar surface area (TPSA) is 85.6 Å². The highest BCUT2D eigenvalue weighted by atomic mass is 16.6. The number of carbonyl (C=O) groups is 1. The van der Waals surface area contributed by atoms with E-state index in [2.05, 4.69) is 4.98 Å². The van der Waals surface area contributed by atoms with E-state index in [0.29, 0.717) is 18.1 Å². The van der Waals surface area contributed by atoms with Crippen molar-refractivity contribution in [3.63, 3.8) is 0 Å². The molecule has 2 aromatic carbocycles. The molecule has 7 nitrogen and oxygen atoms in total. The predicted octanol–water partition coefficient (Wildman–Crippen LogP) is 3.60. The monoisotopic (exact) mass is 363 g/mol. The number of nitrogens with zero attached hydrogens (tertiary/aromatic N) is 3. The van der Waals surface area contributed by atoms with Gasteiger partial charge in [-0.05, 0) is 29.8 Å². The molecule has 27 heavy (non-hydrogen) atoms. The van der Waals surface area contributed by atoms with Gasteiger partial charge in [0.25, 0.3) is 11.6 Å². The summed E-state index contributed by atoms with van der Waals surface area (Å²) in [6, 6.07) is 20.5. The molecule has 0 aliphatic heterocycles. The van der Waals surface area contributed by atoms with Gasteiger partial charge in [-0.1, -0.05) is 36.4 Å². The maximum absolute atomic E-state index is 12.7. The third kappa shape index (κ3) is 4.88. The summed E-state index contributed by atoms with van der Waals surface area (Å²) in [6.07, 6.45) is 1.62. The second-order valence-electron chi connectivity index (χ2n) is 5.69. The van der Waals surface area contributed by atoms with E-state index >= 15 is 0 Å². The number of ether oxygens (including phenoxy) is 1. The maximum atomic E-state index is 12.7. The second-order valence-corrected chi connectivity index (χ2v) is 5.69. The standard InChI is InChI=1S/C20H17N3O4/c24-20(15-27-18-11-9-17(10-12-18)23(25)26)22(19-8-4-5-13-21-19)14-16-6-2-1-3-7-16/h1-13H,14-15H2. The van der Waals surface area contributed by atoms with Gasteiger partial charge < -0.3 is 4.74 Å². The molecule has 0 spiro atoms. The van der Waals surface area contributed by atoms with Crippen LogP contribution in [-0.2, 0) is 11.3 Å². The molecule has 0 aliphatic carbocycles. The van der Waals surface area contributed by atoms with Crippen LogP contribution < -0.4 is 9.64 Å². The zero-order valence-corrected chi connectivity index (χ0v) is 14.4. The van der Waals surface area contributed by atoms with E-state index in [1.54, 1.807) is 23.2 Å². The first-order valence-electron chi connectivity index (χ1n) is 8.26. The van der Waals surface area contributed by atoms with Gasteiger partial charge in [0.1, 0.15) is 11.6 Å². The number of hydrogen-bond donors (Lipinski definition) is 0. The lowest BCUT2D eigenvalue weighted by Gasteiger charge is -2.22. The summed E-state index contributed by atoms with van der Waals surface area (Å²) in [4.78, 5) is 28.8. The average molecular weight is 363 g/mol. The number of nitro benzene ring substituents is 1. The van der Waals surface area contributed by atoms with Crippen molar-refractivity contribution < 1.29 is 14.5 Å². The summed E-state index contributed by atoms with van der Waals surface area (Å²) in [5, 5.41) is 10.7. The molecule has 0 saturated carbocycles. The lowest BCUT2D eigenvalue weighted by Crippen LogP contribution is -2.35. The van der Waals surface area contributed by atoms with Crippen LogP contribution in [0.5, 0.6) is 5.75 Å². The van der Waals surface area contributed by atoms with Crippen molar-refractivity contribution in [2.24, 2.45) is 0 Å². The van der Waals surface area contributed by atoms with Crippen molar-refractivity contribution in [3.8, 4) is 5.75 Å². The maximum Gasteiger partial charge on any atom is 0.269 e. The van der Waals surface area contributed by atoms with Crippen LogP contribution in [0.1, 0.15) is 5.56 Å². The lowest BCUT2D eigenvalue weighted by atomic mass is 10.2. The van der Waals surface area contributed by atoms with Crippen molar-refractivity contribution in [2.75, 3.05) is 11.5 Å². The second kappa shape index (κ2) is 8.57. The largest absolute Gasteiger partial charge is 0.484 e. The number of pyridine rings is 1. The summed E-state index contributed by atoms with van der Waals surface area (Å²) in [6.45, 7) is 0.154. The summed E-state index contributed by atoms with van der Waals surface area (Å²) in [7, 11) is 0. The average Bonchev–Trinajstić information content (AvgIpc) is 2.72. The first-order chi connectivity index (χ1) is 13.1. The summed E-state index contributed by atoms with van der Waals surface area (Å²) < 4.78 is 5.50. The number of benzene rings is 2. The summed E-state index contributed by atoms with van der Waals surface area (Å²) in [5.41, 5.74) is 0.930. The molecule has 0 fully saturated rings. The first kappa shape index (κ1) is 18.1. The van der Waals surface area contributed by atoms with Gasteiger partial charge in [0.15, 0.2) is 6.61 Å². The van der Waals surface area contributed by atoms with Gasteiger partial charge in [-0.15, -0.1) is 0 Å². The minimum Gasteiger partial charge on any atom is -0.484 e. The molecule has 0 bridgehead atoms. The molecule has 1 amide bonds. The predicted molar refractivity (Wildman–Crippen MR) is 100 cm³/mol. The van der Waals surface area contributed by atoms with Crippen LogP contribution >= 0.6 is 0 Å². The number of aromatic nitrogens is 1. The fraction of sp³-hybridized carbons (Fsp3) is 0.100. The molecule has 0 N–H and O–H groups in total. The Labute approximate surface area is 156 Å². The number of amides is 1. The molecule has 7 heteroatoms. The van der Waals surface area contributed by atoms with E-state index in [9.17, 15) is 14.9 Å². The van der Waals surface area contributed by atoms with Crippen LogP contribution in [0.3, 0.4) is 0 Å². The fourth-order valence-corrected chi connectivity index (χ4v) is 2.46. The Hall–Kier alpha value is -3.74. The first-order valence-corrected chi connectivity index (χ1v) is 8.26. The quantitative estimate of drug-likeness (QED) is 0.473. The van der Waals surface area contributed by atoms with Crippen molar-refractivity contribution in [2.45, 2.75) is 6.54 Å². The molecule has 0 saturated heterocycles. The van der Waals surface area contributed by atoms with E-state index in [0.717, 1.165) is 5.56 Å². The van der Waals surface area contributed by atoms with Gasteiger partial charge in [0.2, 0.25) is 0 Å². The fourth-order valence-electron chi connectivity index (χ4n) is 2.46. The Bertz CT molecular complexity index is 900. The van der Waals surface area contributed by atoms with Crippen molar-refractivity contribution >= 4 is 17.4 Å². The number of nitro groups is 1. The molecule has 0 aliphatic rings. The smallest absolute Gasteiger partial charge is 0.269 e. The van der Waals surface area contributed by atoms with Crippen LogP contribution in [0.15, 0.2) is 79.0 Å². The van der Waals surface area contributed by atoms with Crippen LogP contribution in [0, 0.1) is 10.1 Å². The molecular weight excluding hydrogens is 346 g/mol. The van der Waals surface area contributed by atoms with Gasteiger partial charge in [-0.3, -0.25) is 19.8 Å². The molecule has 0 unspecified atom stereocenters. The summed E-state index contributed by atoms with van der Waals surface area (Å²) in [5.74, 6) is 0.643. The highest BCUT2D eigenvalue weighted by molar-refractivity contribution is 5.93. The molecule has 0 atom stereocenters. The minimum atomic E-state index is -0.488. The van der Waals surface area contributed by atoms with Crippen molar-refractivity contribution in [1.29, 1.82) is 0 Å². The molecular formula is C20H17N3O4. The van der Waals surface area contributed by atoms with Gasteiger partial charge in [0, 0.05) is 18.3 Å². The molecule has 136 valence electrons. The zero-order valence-electron chi connectivity index (χ0n) is 14.4. The van der Waals surface area contributed by atoms with Crippen LogP contribution in [0.4, 0.5) is 11.5 Å². The van der Waals surface area contributed by atoms with E-state index in [4.69, 9.17) is 4.74 Å². The number of anilines is 1. The number of rotatable bonds is 7. The van der Waals surface area contributed by atoms with Crippen LogP contribution in [0.2, 0.25) is 0 Å². The Morgan fingerprint density at radius 3 is 2.33 bits per heavy atom. The zero-order chi connectivity index (χ0) is 19.1. The Morgan fingerprint density at radius 2 is 1.70 bits per heavy atom. The van der Waals surface area contributed by atoms with Gasteiger partial charge in [-0.2, -0.15) is 0 Å². The van der Waals surface area contributed by atoms with Gasteiger partial charge in [-0.25, -0.2) is 4.98 Å². The Balaban J connectivity index is 1.71. The Morgan fingerprint density at radius 1 is 1.00 bits per heavy atom. The molecule has 0 radical (unpaired) electrons. The van der Waals surface area contributed by atoms with E-state index in [-0.39, 0.29) is 18.2 Å². The van der Waals surface area contributed by atoms with Gasteiger partial charge >= 0.3 is 0 Å². The third-order valence-electron chi connectivity index (χ3n) is 3.82. The molecule has 1 aromatic heterocycles. The Kier molecular flexibility index (Phi) is 5.73. The number of carbonyl (C=O) groups excluding carboxylic acids is 1. The van der Waals surface area contributed by atoms with Crippen molar-refractivity contribution in [1.82, 2.24) is 4.98 Å². The highest BCUT2D eigenvalue weighted by Crippen LogP contribution is 2.18. The number of hydrogen-bond acceptors (Lipinski definition) is 5. The molecule has 3 rings (SSSR count). The summed E-state index contributed by atoms with van der Waals surface area (Å²) >= 11 is 0. The minimum absolute atomic E-state index is 0.0344. The van der Waals surface area contributed by atoms with Crippen LogP contribution in [0.25, 0.3) is 0 Å². The normalized spacial score (nSPS) is 10.2. The molecule has 3 aromatic rings. The van der Waals surface area contributed by atoms with E-state index in [1.165, 1.54) is 24.3 Å². The number of non-ortho nitro benzene ring substituents is 1. The van der Waals surface area contributed by atoms with Crippen LogP contribution in [-0.4, -0.2) is 22.4 Å². The SMILES string of the molecule is O=C(COc1ccc([N+](=O)[O-])cc1)N(Cc1ccccc1)c1ccccn1. The van der Waals surface area contributed by atoms with E-state index in [1.807, 2.05) is 36.4 Å².